The molecule has 4 aromatic heterocycles. The Morgan fingerprint density at radius 1 is 0.800 bits per heavy atom. The number of ether oxygens (including phenoxy) is 1. The first-order valence-electron chi connectivity index (χ1n) is 10.8. The molecule has 1 N–H and O–H groups in total. The van der Waals surface area contributed by atoms with E-state index in [1.54, 1.807) is 24.4 Å². The summed E-state index contributed by atoms with van der Waals surface area (Å²) in [6, 6.07) is 29.9. The molecular formula is C28H16N3O3Pt-. The van der Waals surface area contributed by atoms with Gasteiger partial charge in [-0.3, -0.25) is 4.98 Å². The first kappa shape index (κ1) is 21.4. The Morgan fingerprint density at radius 2 is 1.63 bits per heavy atom. The van der Waals surface area contributed by atoms with Crippen molar-refractivity contribution >= 4 is 44.0 Å². The van der Waals surface area contributed by atoms with Crippen molar-refractivity contribution in [1.82, 2.24) is 14.5 Å². The van der Waals surface area contributed by atoms with Crippen molar-refractivity contribution in [3.05, 3.63) is 97.2 Å². The molecule has 0 saturated carbocycles. The Balaban J connectivity index is 0.00000229. The monoisotopic (exact) mass is 637 g/mol. The fraction of sp³-hybridized carbons (Fsp3) is 0. The van der Waals surface area contributed by atoms with Gasteiger partial charge in [-0.15, -0.1) is 17.5 Å². The number of furan rings is 1. The maximum atomic E-state index is 10.6. The van der Waals surface area contributed by atoms with Gasteiger partial charge in [0, 0.05) is 44.6 Å². The molecule has 0 unspecified atom stereocenters. The Labute approximate surface area is 213 Å². The maximum Gasteiger partial charge on any atom is 0.217 e. The van der Waals surface area contributed by atoms with Gasteiger partial charge in [0.1, 0.15) is 16.8 Å². The molecule has 0 fully saturated rings. The number of hydrogen-bond donors (Lipinski definition) is 1. The van der Waals surface area contributed by atoms with Crippen LogP contribution >= 0.6 is 0 Å². The summed E-state index contributed by atoms with van der Waals surface area (Å²) in [5, 5.41) is 12.7. The van der Waals surface area contributed by atoms with Crippen molar-refractivity contribution in [2.45, 2.75) is 0 Å². The zero-order valence-electron chi connectivity index (χ0n) is 18.1. The van der Waals surface area contributed by atoms with Gasteiger partial charge in [-0.2, -0.15) is 6.07 Å². The van der Waals surface area contributed by atoms with E-state index < -0.39 is 0 Å². The van der Waals surface area contributed by atoms with E-state index in [0.29, 0.717) is 39.5 Å². The summed E-state index contributed by atoms with van der Waals surface area (Å²) in [5.41, 5.74) is 5.14. The first-order valence-corrected chi connectivity index (χ1v) is 10.8. The molecule has 0 amide bonds. The van der Waals surface area contributed by atoms with E-state index in [4.69, 9.17) is 9.15 Å². The molecule has 0 radical (unpaired) electrons. The summed E-state index contributed by atoms with van der Waals surface area (Å²) < 4.78 is 13.9. The van der Waals surface area contributed by atoms with Gasteiger partial charge >= 0.3 is 0 Å². The number of aromatic hydroxyl groups is 1. The zero-order chi connectivity index (χ0) is 22.6. The van der Waals surface area contributed by atoms with Crippen LogP contribution in [0.4, 0.5) is 0 Å². The zero-order valence-corrected chi connectivity index (χ0v) is 20.4. The number of fused-ring (bicyclic) bond motifs is 6. The molecule has 0 bridgehead atoms. The third-order valence-electron chi connectivity index (χ3n) is 5.94. The summed E-state index contributed by atoms with van der Waals surface area (Å²) >= 11 is 0. The van der Waals surface area contributed by atoms with Crippen molar-refractivity contribution in [1.29, 1.82) is 0 Å². The van der Waals surface area contributed by atoms with E-state index in [1.165, 1.54) is 0 Å². The smallest absolute Gasteiger partial charge is 0.217 e. The molecule has 0 aliphatic rings. The molecule has 7 rings (SSSR count). The van der Waals surface area contributed by atoms with Gasteiger partial charge in [0.15, 0.2) is 11.2 Å². The predicted molar refractivity (Wildman–Crippen MR) is 131 cm³/mol. The standard InChI is InChI=1S/C28H16N3O3.Pt/c32-23-9-4-3-8-21(23)31-20-7-2-1-6-18(20)19-12-11-17(16-22(19)31)33-26-14-13-25-28(30-26)27-24(34-25)10-5-15-29-27;/h1-15,32H;/q-1;. The average molecular weight is 638 g/mol. The quantitative estimate of drug-likeness (QED) is 0.217. The number of benzene rings is 3. The summed E-state index contributed by atoms with van der Waals surface area (Å²) in [7, 11) is 0. The number of pyridine rings is 2. The molecule has 0 aliphatic carbocycles. The molecule has 7 heteroatoms. The number of para-hydroxylation sites is 3. The fourth-order valence-electron chi connectivity index (χ4n) is 4.46. The van der Waals surface area contributed by atoms with E-state index in [-0.39, 0.29) is 26.8 Å². The van der Waals surface area contributed by atoms with E-state index in [0.717, 1.165) is 21.8 Å². The molecule has 0 spiro atoms. The second-order valence-corrected chi connectivity index (χ2v) is 7.98. The Morgan fingerprint density at radius 3 is 2.54 bits per heavy atom. The molecule has 0 aliphatic heterocycles. The van der Waals surface area contributed by atoms with Gasteiger partial charge in [0.2, 0.25) is 5.88 Å². The van der Waals surface area contributed by atoms with Crippen LogP contribution in [-0.4, -0.2) is 19.6 Å². The number of aromatic nitrogens is 3. The largest absolute Gasteiger partial charge is 0.506 e. The summed E-state index contributed by atoms with van der Waals surface area (Å²) in [5.74, 6) is 1.12. The summed E-state index contributed by atoms with van der Waals surface area (Å²) in [4.78, 5) is 9.02. The maximum absolute atomic E-state index is 10.6. The van der Waals surface area contributed by atoms with Crippen LogP contribution in [0.2, 0.25) is 0 Å². The Hall–Kier alpha value is -4.15. The molecule has 35 heavy (non-hydrogen) atoms. The first-order chi connectivity index (χ1) is 16.8. The van der Waals surface area contributed by atoms with Crippen molar-refractivity contribution in [2.75, 3.05) is 0 Å². The van der Waals surface area contributed by atoms with E-state index in [1.807, 2.05) is 65.2 Å². The third kappa shape index (κ3) is 3.37. The molecule has 3 aromatic carbocycles. The van der Waals surface area contributed by atoms with Crippen molar-refractivity contribution in [3.8, 4) is 23.1 Å². The Bertz CT molecular complexity index is 1870. The van der Waals surface area contributed by atoms with Crippen LogP contribution in [0.3, 0.4) is 0 Å². The number of hydrogen-bond acceptors (Lipinski definition) is 5. The van der Waals surface area contributed by atoms with Gasteiger partial charge < -0.3 is 18.8 Å². The third-order valence-corrected chi connectivity index (χ3v) is 5.94. The molecule has 0 atom stereocenters. The number of nitrogens with zero attached hydrogens (tertiary/aromatic N) is 3. The molecule has 0 saturated heterocycles. The van der Waals surface area contributed by atoms with Gasteiger partial charge in [-0.1, -0.05) is 35.8 Å². The van der Waals surface area contributed by atoms with E-state index in [9.17, 15) is 5.11 Å². The molecular weight excluding hydrogens is 621 g/mol. The summed E-state index contributed by atoms with van der Waals surface area (Å²) in [6.45, 7) is 0. The van der Waals surface area contributed by atoms with Crippen LogP contribution < -0.4 is 4.74 Å². The normalized spacial score (nSPS) is 11.3. The van der Waals surface area contributed by atoms with E-state index >= 15 is 0 Å². The molecule has 6 nitrogen and oxygen atoms in total. The van der Waals surface area contributed by atoms with Gasteiger partial charge in [0.25, 0.3) is 0 Å². The minimum Gasteiger partial charge on any atom is -0.506 e. The van der Waals surface area contributed by atoms with E-state index in [2.05, 4.69) is 22.1 Å². The van der Waals surface area contributed by atoms with Crippen molar-refractivity contribution < 1.29 is 35.3 Å². The second kappa shape index (κ2) is 8.26. The van der Waals surface area contributed by atoms with Gasteiger partial charge in [0.05, 0.1) is 5.69 Å². The van der Waals surface area contributed by atoms with Gasteiger partial charge in [-0.05, 0) is 41.8 Å². The number of phenols is 1. The SMILES string of the molecule is Oc1ccccc1-n1c2[c-]c(Oc3ccc4oc5cccnc5c4n3)ccc2c2ccccc21.[Pt]. The predicted octanol–water partition coefficient (Wildman–Crippen LogP) is 6.77. The minimum atomic E-state index is 0. The molecule has 172 valence electrons. The van der Waals surface area contributed by atoms with Crippen LogP contribution in [-0.2, 0) is 21.1 Å². The minimum absolute atomic E-state index is 0. The average Bonchev–Trinajstić information content (AvgIpc) is 3.40. The van der Waals surface area contributed by atoms with Crippen LogP contribution in [0.15, 0.2) is 95.5 Å². The van der Waals surface area contributed by atoms with Crippen LogP contribution in [0.1, 0.15) is 0 Å². The van der Waals surface area contributed by atoms with Crippen LogP contribution in [0.5, 0.6) is 17.4 Å². The van der Waals surface area contributed by atoms with Gasteiger partial charge in [-0.25, -0.2) is 4.98 Å². The van der Waals surface area contributed by atoms with Crippen LogP contribution in [0, 0.1) is 6.07 Å². The fourth-order valence-corrected chi connectivity index (χ4v) is 4.46. The Kier molecular flexibility index (Phi) is 5.05. The topological polar surface area (TPSA) is 73.3 Å². The molecule has 4 heterocycles. The molecule has 7 aromatic rings. The summed E-state index contributed by atoms with van der Waals surface area (Å²) in [6.07, 6.45) is 1.71. The van der Waals surface area contributed by atoms with Crippen LogP contribution in [0.25, 0.3) is 49.7 Å². The number of phenolic OH excluding ortho intramolecular Hbond substituents is 1. The number of rotatable bonds is 3. The van der Waals surface area contributed by atoms with Crippen molar-refractivity contribution in [2.24, 2.45) is 0 Å². The second-order valence-electron chi connectivity index (χ2n) is 7.98. The van der Waals surface area contributed by atoms with Crippen molar-refractivity contribution in [3.63, 3.8) is 0 Å².